The molecule has 1 N–H and O–H groups in total. The van der Waals surface area contributed by atoms with Crippen LogP contribution < -0.4 is 5.56 Å². The van der Waals surface area contributed by atoms with Crippen molar-refractivity contribution in [2.75, 3.05) is 0 Å². The molecular weight excluding hydrogens is 338 g/mol. The molecule has 0 spiro atoms. The third-order valence-electron chi connectivity index (χ3n) is 4.35. The number of rotatable bonds is 2. The molecule has 0 bridgehead atoms. The topological polar surface area (TPSA) is 94.3 Å². The van der Waals surface area contributed by atoms with Gasteiger partial charge in [0, 0.05) is 12.4 Å². The predicted molar refractivity (Wildman–Crippen MR) is 95.9 cm³/mol. The van der Waals surface area contributed by atoms with Crippen LogP contribution in [0.4, 0.5) is 0 Å². The van der Waals surface area contributed by atoms with Crippen LogP contribution in [-0.4, -0.2) is 34.7 Å². The van der Waals surface area contributed by atoms with Gasteiger partial charge in [-0.1, -0.05) is 11.3 Å². The summed E-state index contributed by atoms with van der Waals surface area (Å²) in [5.41, 5.74) is 3.93. The SMILES string of the molecule is Cc1nc2c(s1)c1cnn(Cc3ccc4nn[nH]c4c3)c(=O)c1n2C. The molecule has 4 heterocycles. The highest BCUT2D eigenvalue weighted by Crippen LogP contribution is 2.30. The molecule has 4 aromatic heterocycles. The lowest BCUT2D eigenvalue weighted by Crippen LogP contribution is -2.24. The average molecular weight is 351 g/mol. The van der Waals surface area contributed by atoms with Crippen molar-refractivity contribution in [3.63, 3.8) is 0 Å². The number of aromatic nitrogens is 7. The Morgan fingerprint density at radius 1 is 1.32 bits per heavy atom. The van der Waals surface area contributed by atoms with Crippen LogP contribution in [0, 0.1) is 6.92 Å². The van der Waals surface area contributed by atoms with E-state index in [-0.39, 0.29) is 5.56 Å². The van der Waals surface area contributed by atoms with E-state index < -0.39 is 0 Å². The minimum atomic E-state index is -0.120. The quantitative estimate of drug-likeness (QED) is 0.525. The zero-order valence-electron chi connectivity index (χ0n) is 13.5. The molecule has 0 aliphatic heterocycles. The molecule has 124 valence electrons. The highest BCUT2D eigenvalue weighted by atomic mass is 32.1. The number of hydrogen-bond donors (Lipinski definition) is 1. The fraction of sp³-hybridized carbons (Fsp3) is 0.188. The summed E-state index contributed by atoms with van der Waals surface area (Å²) in [6, 6.07) is 5.74. The van der Waals surface area contributed by atoms with Crippen molar-refractivity contribution in [2.45, 2.75) is 13.5 Å². The molecule has 1 aromatic carbocycles. The third-order valence-corrected chi connectivity index (χ3v) is 5.35. The van der Waals surface area contributed by atoms with Gasteiger partial charge in [0.1, 0.15) is 11.0 Å². The predicted octanol–water partition coefficient (Wildman–Crippen LogP) is 1.97. The monoisotopic (exact) mass is 351 g/mol. The van der Waals surface area contributed by atoms with Crippen LogP contribution in [-0.2, 0) is 13.6 Å². The van der Waals surface area contributed by atoms with Crippen LogP contribution in [0.5, 0.6) is 0 Å². The summed E-state index contributed by atoms with van der Waals surface area (Å²) in [7, 11) is 1.87. The van der Waals surface area contributed by atoms with E-state index in [4.69, 9.17) is 0 Å². The zero-order valence-corrected chi connectivity index (χ0v) is 14.3. The van der Waals surface area contributed by atoms with Gasteiger partial charge < -0.3 is 4.57 Å². The maximum atomic E-state index is 12.9. The van der Waals surface area contributed by atoms with Gasteiger partial charge in [-0.2, -0.15) is 5.10 Å². The third kappa shape index (κ3) is 2.02. The number of aromatic amines is 1. The standard InChI is InChI=1S/C16H13N7OS/c1-8-18-15-14(25-8)10-6-17-23(16(24)13(10)22(15)2)7-9-3-4-11-12(5-9)20-21-19-11/h3-6H,7H2,1-2H3,(H,19,20,21). The van der Waals surface area contributed by atoms with Crippen molar-refractivity contribution in [1.29, 1.82) is 0 Å². The van der Waals surface area contributed by atoms with Gasteiger partial charge in [0.25, 0.3) is 5.56 Å². The van der Waals surface area contributed by atoms with Crippen molar-refractivity contribution in [2.24, 2.45) is 7.05 Å². The number of benzene rings is 1. The maximum absolute atomic E-state index is 12.9. The number of aryl methyl sites for hydroxylation is 2. The van der Waals surface area contributed by atoms with E-state index in [1.54, 1.807) is 17.5 Å². The van der Waals surface area contributed by atoms with Crippen LogP contribution in [0.3, 0.4) is 0 Å². The Bertz CT molecular complexity index is 1320. The van der Waals surface area contributed by atoms with E-state index in [1.807, 2.05) is 36.7 Å². The fourth-order valence-corrected chi connectivity index (χ4v) is 4.13. The van der Waals surface area contributed by atoms with E-state index in [9.17, 15) is 4.79 Å². The number of thiazole rings is 1. The van der Waals surface area contributed by atoms with E-state index in [2.05, 4.69) is 25.5 Å². The molecule has 25 heavy (non-hydrogen) atoms. The maximum Gasteiger partial charge on any atom is 0.291 e. The lowest BCUT2D eigenvalue weighted by Gasteiger charge is -2.05. The highest BCUT2D eigenvalue weighted by molar-refractivity contribution is 7.19. The Balaban J connectivity index is 1.67. The summed E-state index contributed by atoms with van der Waals surface area (Å²) in [5, 5.41) is 16.8. The van der Waals surface area contributed by atoms with Crippen molar-refractivity contribution in [1.82, 2.24) is 34.7 Å². The Labute approximate surface area is 144 Å². The summed E-state index contributed by atoms with van der Waals surface area (Å²) in [4.78, 5) is 17.5. The number of hydrogen-bond acceptors (Lipinski definition) is 6. The minimum Gasteiger partial charge on any atom is -0.323 e. The Morgan fingerprint density at radius 2 is 2.20 bits per heavy atom. The Hall–Kier alpha value is -3.07. The summed E-state index contributed by atoms with van der Waals surface area (Å²) >= 11 is 1.59. The molecule has 0 saturated carbocycles. The van der Waals surface area contributed by atoms with Gasteiger partial charge in [-0.15, -0.1) is 16.4 Å². The fourth-order valence-electron chi connectivity index (χ4n) is 3.17. The first-order chi connectivity index (χ1) is 12.1. The second kappa shape index (κ2) is 4.96. The Morgan fingerprint density at radius 3 is 3.08 bits per heavy atom. The van der Waals surface area contributed by atoms with Crippen molar-refractivity contribution in [3.8, 4) is 0 Å². The van der Waals surface area contributed by atoms with Gasteiger partial charge in [-0.05, 0) is 24.6 Å². The van der Waals surface area contributed by atoms with Crippen molar-refractivity contribution < 1.29 is 0 Å². The average Bonchev–Trinajstić information content (AvgIpc) is 3.26. The summed E-state index contributed by atoms with van der Waals surface area (Å²) in [6.45, 7) is 2.35. The van der Waals surface area contributed by atoms with Gasteiger partial charge in [-0.25, -0.2) is 9.67 Å². The van der Waals surface area contributed by atoms with Gasteiger partial charge in [0.05, 0.1) is 28.0 Å². The van der Waals surface area contributed by atoms with E-state index in [0.29, 0.717) is 12.1 Å². The molecule has 8 nitrogen and oxygen atoms in total. The zero-order chi connectivity index (χ0) is 17.1. The second-order valence-corrected chi connectivity index (χ2v) is 7.18. The number of nitrogens with zero attached hydrogens (tertiary/aromatic N) is 6. The molecule has 0 saturated heterocycles. The number of fused-ring (bicyclic) bond motifs is 4. The second-order valence-electron chi connectivity index (χ2n) is 5.98. The van der Waals surface area contributed by atoms with Gasteiger partial charge in [0.2, 0.25) is 0 Å². The van der Waals surface area contributed by atoms with Gasteiger partial charge >= 0.3 is 0 Å². The van der Waals surface area contributed by atoms with Crippen molar-refractivity contribution >= 4 is 43.6 Å². The summed E-state index contributed by atoms with van der Waals surface area (Å²) < 4.78 is 4.34. The molecule has 9 heteroatoms. The first-order valence-electron chi connectivity index (χ1n) is 7.73. The molecule has 5 rings (SSSR count). The summed E-state index contributed by atoms with van der Waals surface area (Å²) in [6.07, 6.45) is 1.76. The van der Waals surface area contributed by atoms with Gasteiger partial charge in [0.15, 0.2) is 5.65 Å². The van der Waals surface area contributed by atoms with E-state index in [0.717, 1.165) is 37.3 Å². The number of H-pyrrole nitrogens is 1. The van der Waals surface area contributed by atoms with Crippen LogP contribution in [0.1, 0.15) is 10.6 Å². The van der Waals surface area contributed by atoms with Gasteiger partial charge in [-0.3, -0.25) is 9.89 Å². The normalized spacial score (nSPS) is 11.9. The largest absolute Gasteiger partial charge is 0.323 e. The molecule has 0 amide bonds. The molecule has 0 aliphatic carbocycles. The lowest BCUT2D eigenvalue weighted by molar-refractivity contribution is 0.644. The first kappa shape index (κ1) is 14.3. The van der Waals surface area contributed by atoms with E-state index >= 15 is 0 Å². The first-order valence-corrected chi connectivity index (χ1v) is 8.55. The number of nitrogens with one attached hydrogen (secondary N) is 1. The highest BCUT2D eigenvalue weighted by Gasteiger charge is 2.17. The van der Waals surface area contributed by atoms with Crippen LogP contribution in [0.25, 0.3) is 32.3 Å². The Kier molecular flexibility index (Phi) is 2.84. The molecule has 0 aliphatic rings. The molecule has 0 atom stereocenters. The minimum absolute atomic E-state index is 0.120. The van der Waals surface area contributed by atoms with Crippen LogP contribution >= 0.6 is 11.3 Å². The smallest absolute Gasteiger partial charge is 0.291 e. The molecule has 0 fully saturated rings. The van der Waals surface area contributed by atoms with Crippen LogP contribution in [0.2, 0.25) is 0 Å². The van der Waals surface area contributed by atoms with E-state index in [1.165, 1.54) is 4.68 Å². The molecule has 5 aromatic rings. The molecular formula is C16H13N7OS. The summed E-state index contributed by atoms with van der Waals surface area (Å²) in [5.74, 6) is 0. The molecule has 0 radical (unpaired) electrons. The lowest BCUT2D eigenvalue weighted by atomic mass is 10.2. The van der Waals surface area contributed by atoms with Crippen molar-refractivity contribution in [3.05, 3.63) is 45.3 Å². The molecule has 0 unspecified atom stereocenters. The van der Waals surface area contributed by atoms with Crippen LogP contribution in [0.15, 0.2) is 29.2 Å².